The summed E-state index contributed by atoms with van der Waals surface area (Å²) in [4.78, 5) is 0. The van der Waals surface area contributed by atoms with E-state index in [0.717, 1.165) is 32.5 Å². The van der Waals surface area contributed by atoms with E-state index in [1.165, 1.54) is 64.2 Å². The maximum absolute atomic E-state index is 6.04. The lowest BCUT2D eigenvalue weighted by Gasteiger charge is -2.38. The van der Waals surface area contributed by atoms with Crippen LogP contribution in [-0.4, -0.2) is 19.0 Å². The van der Waals surface area contributed by atoms with E-state index >= 15 is 0 Å². The molecule has 0 spiro atoms. The second-order valence-corrected chi connectivity index (χ2v) is 7.49. The Hall–Kier alpha value is -0.0800. The van der Waals surface area contributed by atoms with Crippen molar-refractivity contribution in [3.63, 3.8) is 0 Å². The molecule has 0 atom stereocenters. The molecular formula is C20H40O2. The van der Waals surface area contributed by atoms with Crippen LogP contribution in [0.25, 0.3) is 0 Å². The Balaban J connectivity index is 2.03. The molecule has 0 saturated carbocycles. The third kappa shape index (κ3) is 9.15. The number of rotatable bonds is 13. The third-order valence-electron chi connectivity index (χ3n) is 4.65. The van der Waals surface area contributed by atoms with Gasteiger partial charge in [0.15, 0.2) is 5.79 Å². The van der Waals surface area contributed by atoms with Gasteiger partial charge in [-0.15, -0.1) is 0 Å². The summed E-state index contributed by atoms with van der Waals surface area (Å²) in [5.74, 6) is 0.383. The predicted molar refractivity (Wildman–Crippen MR) is 95.2 cm³/mol. The lowest BCUT2D eigenvalue weighted by molar-refractivity contribution is -0.277. The highest BCUT2D eigenvalue weighted by atomic mass is 16.7. The minimum Gasteiger partial charge on any atom is -0.350 e. The highest BCUT2D eigenvalue weighted by Gasteiger charge is 2.34. The summed E-state index contributed by atoms with van der Waals surface area (Å²) in [6.45, 7) is 8.57. The van der Waals surface area contributed by atoms with Crippen LogP contribution < -0.4 is 0 Å². The quantitative estimate of drug-likeness (QED) is 0.362. The molecule has 2 heteroatoms. The number of ether oxygens (including phenoxy) is 2. The van der Waals surface area contributed by atoms with Gasteiger partial charge in [-0.2, -0.15) is 0 Å². The van der Waals surface area contributed by atoms with Crippen molar-refractivity contribution >= 4 is 0 Å². The summed E-state index contributed by atoms with van der Waals surface area (Å²) in [6.07, 6.45) is 17.1. The minimum atomic E-state index is -0.257. The highest BCUT2D eigenvalue weighted by molar-refractivity contribution is 4.75. The molecule has 0 aromatic carbocycles. The number of hydrogen-bond donors (Lipinski definition) is 0. The van der Waals surface area contributed by atoms with Crippen molar-refractivity contribution in [1.29, 1.82) is 0 Å². The van der Waals surface area contributed by atoms with Crippen LogP contribution in [0.5, 0.6) is 0 Å². The van der Waals surface area contributed by atoms with Crippen molar-refractivity contribution in [2.45, 2.75) is 110 Å². The second kappa shape index (κ2) is 12.4. The van der Waals surface area contributed by atoms with Crippen LogP contribution in [0.4, 0.5) is 0 Å². The van der Waals surface area contributed by atoms with Gasteiger partial charge in [0.1, 0.15) is 0 Å². The average molecular weight is 313 g/mol. The minimum absolute atomic E-state index is 0.257. The van der Waals surface area contributed by atoms with Gasteiger partial charge in [0.2, 0.25) is 0 Å². The Morgan fingerprint density at radius 2 is 1.27 bits per heavy atom. The zero-order valence-electron chi connectivity index (χ0n) is 15.5. The first-order chi connectivity index (χ1) is 10.7. The molecule has 0 unspecified atom stereocenters. The molecule has 0 amide bonds. The summed E-state index contributed by atoms with van der Waals surface area (Å²) in [6, 6.07) is 0. The average Bonchev–Trinajstić information content (AvgIpc) is 2.49. The van der Waals surface area contributed by atoms with Gasteiger partial charge in [-0.25, -0.2) is 0 Å². The van der Waals surface area contributed by atoms with E-state index in [1.54, 1.807) is 0 Å². The standard InChI is InChI=1S/C20H40O2/c1-4-5-6-7-8-9-10-11-12-13-15-20(18-19(2)3)21-16-14-17-22-20/h19H,4-18H2,1-3H3. The highest BCUT2D eigenvalue weighted by Crippen LogP contribution is 2.32. The van der Waals surface area contributed by atoms with E-state index < -0.39 is 0 Å². The summed E-state index contributed by atoms with van der Waals surface area (Å²) < 4.78 is 12.1. The lowest BCUT2D eigenvalue weighted by Crippen LogP contribution is -2.41. The van der Waals surface area contributed by atoms with Gasteiger partial charge in [0, 0.05) is 12.8 Å². The lowest BCUT2D eigenvalue weighted by atomic mass is 9.95. The largest absolute Gasteiger partial charge is 0.350 e. The van der Waals surface area contributed by atoms with Crippen molar-refractivity contribution in [3.05, 3.63) is 0 Å². The Morgan fingerprint density at radius 3 is 1.77 bits per heavy atom. The molecule has 22 heavy (non-hydrogen) atoms. The molecule has 0 aromatic heterocycles. The van der Waals surface area contributed by atoms with Crippen LogP contribution >= 0.6 is 0 Å². The summed E-state index contributed by atoms with van der Waals surface area (Å²) >= 11 is 0. The van der Waals surface area contributed by atoms with Crippen LogP contribution in [0, 0.1) is 5.92 Å². The zero-order chi connectivity index (χ0) is 16.1. The number of hydrogen-bond acceptors (Lipinski definition) is 2. The molecule has 1 saturated heterocycles. The fraction of sp³-hybridized carbons (Fsp3) is 1.00. The molecule has 1 fully saturated rings. The van der Waals surface area contributed by atoms with Crippen molar-refractivity contribution in [3.8, 4) is 0 Å². The van der Waals surface area contributed by atoms with Gasteiger partial charge in [0.25, 0.3) is 0 Å². The molecule has 0 aliphatic carbocycles. The monoisotopic (exact) mass is 312 g/mol. The molecular weight excluding hydrogens is 272 g/mol. The maximum atomic E-state index is 6.04. The van der Waals surface area contributed by atoms with Crippen molar-refractivity contribution in [2.24, 2.45) is 5.92 Å². The fourth-order valence-corrected chi connectivity index (χ4v) is 3.48. The van der Waals surface area contributed by atoms with Gasteiger partial charge >= 0.3 is 0 Å². The molecule has 132 valence electrons. The molecule has 0 aromatic rings. The zero-order valence-corrected chi connectivity index (χ0v) is 15.5. The van der Waals surface area contributed by atoms with Crippen LogP contribution in [-0.2, 0) is 9.47 Å². The van der Waals surface area contributed by atoms with Crippen LogP contribution in [0.3, 0.4) is 0 Å². The molecule has 2 nitrogen and oxygen atoms in total. The van der Waals surface area contributed by atoms with Gasteiger partial charge in [-0.3, -0.25) is 0 Å². The van der Waals surface area contributed by atoms with E-state index in [4.69, 9.17) is 9.47 Å². The van der Waals surface area contributed by atoms with E-state index in [1.807, 2.05) is 0 Å². The van der Waals surface area contributed by atoms with Gasteiger partial charge < -0.3 is 9.47 Å². The van der Waals surface area contributed by atoms with E-state index in [2.05, 4.69) is 20.8 Å². The summed E-state index contributed by atoms with van der Waals surface area (Å²) in [5, 5.41) is 0. The van der Waals surface area contributed by atoms with Crippen LogP contribution in [0.15, 0.2) is 0 Å². The van der Waals surface area contributed by atoms with E-state index in [-0.39, 0.29) is 5.79 Å². The third-order valence-corrected chi connectivity index (χ3v) is 4.65. The molecule has 0 N–H and O–H groups in total. The molecule has 1 heterocycles. The molecule has 0 bridgehead atoms. The fourth-order valence-electron chi connectivity index (χ4n) is 3.48. The SMILES string of the molecule is CCCCCCCCCCCCC1(CC(C)C)OCCCO1. The smallest absolute Gasteiger partial charge is 0.168 e. The Labute approximate surface area is 139 Å². The first-order valence-electron chi connectivity index (χ1n) is 9.96. The Bertz CT molecular complexity index is 244. The predicted octanol–water partition coefficient (Wildman–Crippen LogP) is 6.48. The van der Waals surface area contributed by atoms with Gasteiger partial charge in [0.05, 0.1) is 13.2 Å². The Morgan fingerprint density at radius 1 is 0.773 bits per heavy atom. The molecule has 1 rings (SSSR count). The maximum Gasteiger partial charge on any atom is 0.168 e. The normalized spacial score (nSPS) is 18.0. The first kappa shape index (κ1) is 20.0. The summed E-state index contributed by atoms with van der Waals surface area (Å²) in [7, 11) is 0. The van der Waals surface area contributed by atoms with Gasteiger partial charge in [-0.05, 0) is 18.8 Å². The van der Waals surface area contributed by atoms with Gasteiger partial charge in [-0.1, -0.05) is 78.6 Å². The van der Waals surface area contributed by atoms with Crippen molar-refractivity contribution in [1.82, 2.24) is 0 Å². The molecule has 0 radical (unpaired) electrons. The Kier molecular flexibility index (Phi) is 11.2. The first-order valence-corrected chi connectivity index (χ1v) is 9.96. The molecule has 1 aliphatic rings. The van der Waals surface area contributed by atoms with Crippen LogP contribution in [0.2, 0.25) is 0 Å². The van der Waals surface area contributed by atoms with E-state index in [0.29, 0.717) is 5.92 Å². The van der Waals surface area contributed by atoms with E-state index in [9.17, 15) is 0 Å². The van der Waals surface area contributed by atoms with Crippen LogP contribution in [0.1, 0.15) is 104 Å². The topological polar surface area (TPSA) is 18.5 Å². The molecule has 1 aliphatic heterocycles. The number of unbranched alkanes of at least 4 members (excludes halogenated alkanes) is 9. The van der Waals surface area contributed by atoms with Crippen molar-refractivity contribution in [2.75, 3.05) is 13.2 Å². The van der Waals surface area contributed by atoms with Crippen molar-refractivity contribution < 1.29 is 9.47 Å². The second-order valence-electron chi connectivity index (χ2n) is 7.49. The summed E-state index contributed by atoms with van der Waals surface area (Å²) in [5.41, 5.74) is 0.